The van der Waals surface area contributed by atoms with Crippen molar-refractivity contribution in [3.8, 4) is 11.3 Å². The number of halogens is 1. The Labute approximate surface area is 107 Å². The van der Waals surface area contributed by atoms with E-state index in [1.807, 2.05) is 6.07 Å². The molecule has 0 aliphatic rings. The molecule has 3 nitrogen and oxygen atoms in total. The summed E-state index contributed by atoms with van der Waals surface area (Å²) in [7, 11) is 2.06. The number of rotatable bonds is 5. The van der Waals surface area contributed by atoms with Crippen molar-refractivity contribution in [3.63, 3.8) is 0 Å². The quantitative estimate of drug-likeness (QED) is 0.880. The maximum absolute atomic E-state index is 13.8. The Morgan fingerprint density at radius 3 is 2.83 bits per heavy atom. The normalized spacial score (nSPS) is 11.1. The molecule has 0 amide bonds. The number of H-pyrrole nitrogens is 1. The summed E-state index contributed by atoms with van der Waals surface area (Å²) in [6.45, 7) is 3.93. The zero-order valence-corrected chi connectivity index (χ0v) is 10.8. The zero-order chi connectivity index (χ0) is 13.0. The van der Waals surface area contributed by atoms with E-state index in [0.29, 0.717) is 5.56 Å². The average Bonchev–Trinajstić information content (AvgIpc) is 2.78. The van der Waals surface area contributed by atoms with Gasteiger partial charge in [0.15, 0.2) is 0 Å². The van der Waals surface area contributed by atoms with Crippen molar-refractivity contribution >= 4 is 0 Å². The minimum Gasteiger partial charge on any atom is -0.302 e. The lowest BCUT2D eigenvalue weighted by molar-refractivity contribution is 0.328. The Morgan fingerprint density at radius 2 is 2.11 bits per heavy atom. The predicted molar refractivity (Wildman–Crippen MR) is 70.6 cm³/mol. The van der Waals surface area contributed by atoms with Gasteiger partial charge in [0, 0.05) is 17.7 Å². The molecule has 0 fully saturated rings. The van der Waals surface area contributed by atoms with Gasteiger partial charge in [-0.25, -0.2) is 4.39 Å². The number of aromatic nitrogens is 2. The molecule has 96 valence electrons. The van der Waals surface area contributed by atoms with Crippen molar-refractivity contribution in [1.29, 1.82) is 0 Å². The maximum atomic E-state index is 13.8. The van der Waals surface area contributed by atoms with Crippen LogP contribution in [0.4, 0.5) is 4.39 Å². The second-order valence-corrected chi connectivity index (χ2v) is 4.49. The summed E-state index contributed by atoms with van der Waals surface area (Å²) in [6, 6.07) is 6.76. The second-order valence-electron chi connectivity index (χ2n) is 4.49. The highest BCUT2D eigenvalue weighted by Gasteiger charge is 2.12. The highest BCUT2D eigenvalue weighted by molar-refractivity contribution is 5.63. The molecular weight excluding hydrogens is 229 g/mol. The number of nitrogens with zero attached hydrogens (tertiary/aromatic N) is 2. The molecule has 0 radical (unpaired) electrons. The standard InChI is InChI=1S/C14H18FN3/c1-3-8-18(2)10-11-9-16-17-14(11)12-6-4-5-7-13(12)15/h4-7,9H,3,8,10H2,1-2H3,(H,16,17). The van der Waals surface area contributed by atoms with Crippen LogP contribution in [0.1, 0.15) is 18.9 Å². The summed E-state index contributed by atoms with van der Waals surface area (Å²) in [5.74, 6) is -0.221. The molecule has 0 spiro atoms. The Hall–Kier alpha value is -1.68. The van der Waals surface area contributed by atoms with Gasteiger partial charge in [0.05, 0.1) is 11.9 Å². The van der Waals surface area contributed by atoms with Gasteiger partial charge >= 0.3 is 0 Å². The third-order valence-electron chi connectivity index (χ3n) is 2.91. The van der Waals surface area contributed by atoms with E-state index >= 15 is 0 Å². The predicted octanol–water partition coefficient (Wildman–Crippen LogP) is 3.06. The first kappa shape index (κ1) is 12.8. The molecule has 0 atom stereocenters. The van der Waals surface area contributed by atoms with Crippen LogP contribution in [-0.2, 0) is 6.54 Å². The van der Waals surface area contributed by atoms with E-state index < -0.39 is 0 Å². The number of hydrogen-bond donors (Lipinski definition) is 1. The van der Waals surface area contributed by atoms with E-state index in [4.69, 9.17) is 0 Å². The van der Waals surface area contributed by atoms with Gasteiger partial charge in [-0.1, -0.05) is 19.1 Å². The fourth-order valence-electron chi connectivity index (χ4n) is 2.08. The van der Waals surface area contributed by atoms with Crippen LogP contribution in [0.25, 0.3) is 11.3 Å². The summed E-state index contributed by atoms with van der Waals surface area (Å²) in [5.41, 5.74) is 2.38. The first-order chi connectivity index (χ1) is 8.72. The number of benzene rings is 1. The Bertz CT molecular complexity index is 507. The molecule has 0 bridgehead atoms. The third kappa shape index (κ3) is 2.76. The molecule has 18 heavy (non-hydrogen) atoms. The monoisotopic (exact) mass is 247 g/mol. The van der Waals surface area contributed by atoms with Gasteiger partial charge in [-0.05, 0) is 32.1 Å². The highest BCUT2D eigenvalue weighted by Crippen LogP contribution is 2.24. The molecule has 1 N–H and O–H groups in total. The van der Waals surface area contributed by atoms with Gasteiger partial charge in [0.25, 0.3) is 0 Å². The van der Waals surface area contributed by atoms with E-state index in [-0.39, 0.29) is 5.82 Å². The smallest absolute Gasteiger partial charge is 0.132 e. The van der Waals surface area contributed by atoms with Crippen molar-refractivity contribution in [3.05, 3.63) is 41.8 Å². The molecule has 4 heteroatoms. The van der Waals surface area contributed by atoms with Gasteiger partial charge in [-0.3, -0.25) is 5.10 Å². The SMILES string of the molecule is CCCN(C)Cc1cn[nH]c1-c1ccccc1F. The molecule has 1 aromatic carbocycles. The Balaban J connectivity index is 2.25. The molecule has 2 aromatic rings. The van der Waals surface area contributed by atoms with Crippen LogP contribution in [0.3, 0.4) is 0 Å². The first-order valence-electron chi connectivity index (χ1n) is 6.18. The van der Waals surface area contributed by atoms with Crippen molar-refractivity contribution in [2.45, 2.75) is 19.9 Å². The van der Waals surface area contributed by atoms with Crippen molar-refractivity contribution in [1.82, 2.24) is 15.1 Å². The molecule has 0 unspecified atom stereocenters. The van der Waals surface area contributed by atoms with E-state index in [2.05, 4.69) is 29.1 Å². The molecule has 0 aliphatic carbocycles. The van der Waals surface area contributed by atoms with Crippen LogP contribution in [0.15, 0.2) is 30.5 Å². The van der Waals surface area contributed by atoms with Gasteiger partial charge < -0.3 is 4.90 Å². The minimum atomic E-state index is -0.221. The Morgan fingerprint density at radius 1 is 1.33 bits per heavy atom. The molecule has 0 aliphatic heterocycles. The summed E-state index contributed by atoms with van der Waals surface area (Å²) in [6.07, 6.45) is 2.87. The van der Waals surface area contributed by atoms with Crippen molar-refractivity contribution in [2.24, 2.45) is 0 Å². The number of hydrogen-bond acceptors (Lipinski definition) is 2. The second kappa shape index (κ2) is 5.78. The van der Waals surface area contributed by atoms with Crippen LogP contribution < -0.4 is 0 Å². The lowest BCUT2D eigenvalue weighted by Gasteiger charge is -2.15. The van der Waals surface area contributed by atoms with E-state index in [1.165, 1.54) is 6.07 Å². The van der Waals surface area contributed by atoms with E-state index in [1.54, 1.807) is 18.3 Å². The molecule has 1 aromatic heterocycles. The average molecular weight is 247 g/mol. The molecular formula is C14H18FN3. The molecule has 2 rings (SSSR count). The van der Waals surface area contributed by atoms with Crippen LogP contribution in [0.5, 0.6) is 0 Å². The topological polar surface area (TPSA) is 31.9 Å². The Kier molecular flexibility index (Phi) is 4.10. The number of aromatic amines is 1. The van der Waals surface area contributed by atoms with Crippen molar-refractivity contribution in [2.75, 3.05) is 13.6 Å². The van der Waals surface area contributed by atoms with Gasteiger partial charge in [0.1, 0.15) is 5.82 Å². The fraction of sp³-hybridized carbons (Fsp3) is 0.357. The summed E-state index contributed by atoms with van der Waals surface area (Å²) < 4.78 is 13.8. The van der Waals surface area contributed by atoms with Crippen LogP contribution in [-0.4, -0.2) is 28.7 Å². The largest absolute Gasteiger partial charge is 0.302 e. The van der Waals surface area contributed by atoms with Gasteiger partial charge in [-0.2, -0.15) is 5.10 Å². The molecule has 0 saturated carbocycles. The van der Waals surface area contributed by atoms with E-state index in [0.717, 1.165) is 30.8 Å². The van der Waals surface area contributed by atoms with Gasteiger partial charge in [-0.15, -0.1) is 0 Å². The maximum Gasteiger partial charge on any atom is 0.132 e. The van der Waals surface area contributed by atoms with Crippen molar-refractivity contribution < 1.29 is 4.39 Å². The summed E-state index contributed by atoms with van der Waals surface area (Å²) in [5, 5.41) is 6.93. The molecule has 1 heterocycles. The lowest BCUT2D eigenvalue weighted by atomic mass is 10.1. The summed E-state index contributed by atoms with van der Waals surface area (Å²) in [4.78, 5) is 2.20. The van der Waals surface area contributed by atoms with Crippen LogP contribution in [0, 0.1) is 5.82 Å². The number of nitrogens with one attached hydrogen (secondary N) is 1. The molecule has 0 saturated heterocycles. The highest BCUT2D eigenvalue weighted by atomic mass is 19.1. The third-order valence-corrected chi connectivity index (χ3v) is 2.91. The van der Waals surface area contributed by atoms with Crippen LogP contribution >= 0.6 is 0 Å². The fourth-order valence-corrected chi connectivity index (χ4v) is 2.08. The lowest BCUT2D eigenvalue weighted by Crippen LogP contribution is -2.18. The van der Waals surface area contributed by atoms with E-state index in [9.17, 15) is 4.39 Å². The zero-order valence-electron chi connectivity index (χ0n) is 10.8. The van der Waals surface area contributed by atoms with Crippen LogP contribution in [0.2, 0.25) is 0 Å². The summed E-state index contributed by atoms with van der Waals surface area (Å²) >= 11 is 0. The van der Waals surface area contributed by atoms with Gasteiger partial charge in [0.2, 0.25) is 0 Å². The minimum absolute atomic E-state index is 0.221. The first-order valence-corrected chi connectivity index (χ1v) is 6.18.